The zero-order valence-corrected chi connectivity index (χ0v) is 14.0. The fraction of sp³-hybridized carbons (Fsp3) is 0.211. The van der Waals surface area contributed by atoms with E-state index in [1.807, 2.05) is 51.1 Å². The summed E-state index contributed by atoms with van der Waals surface area (Å²) in [4.78, 5) is 21.4. The molecule has 1 aromatic heterocycles. The van der Waals surface area contributed by atoms with Crippen LogP contribution in [0.5, 0.6) is 5.75 Å². The van der Waals surface area contributed by atoms with Crippen LogP contribution in [0.2, 0.25) is 0 Å². The number of nitrogens with zero attached hydrogens (tertiary/aromatic N) is 2. The smallest absolute Gasteiger partial charge is 0.255 e. The van der Waals surface area contributed by atoms with Crippen LogP contribution in [0.3, 0.4) is 0 Å². The van der Waals surface area contributed by atoms with Crippen molar-refractivity contribution in [1.82, 2.24) is 9.97 Å². The zero-order valence-electron chi connectivity index (χ0n) is 14.0. The summed E-state index contributed by atoms with van der Waals surface area (Å²) < 4.78 is 5.39. The second-order valence-electron chi connectivity index (χ2n) is 5.51. The number of amides is 1. The van der Waals surface area contributed by atoms with Crippen LogP contribution in [0, 0.1) is 13.8 Å². The molecule has 24 heavy (non-hydrogen) atoms. The normalized spacial score (nSPS) is 10.6. The molecule has 0 saturated heterocycles. The van der Waals surface area contributed by atoms with Crippen LogP contribution in [0.25, 0.3) is 11.0 Å². The molecule has 0 radical (unpaired) electrons. The minimum absolute atomic E-state index is 0.180. The molecule has 0 spiro atoms. The fourth-order valence-electron chi connectivity index (χ4n) is 2.38. The Bertz CT molecular complexity index is 889. The van der Waals surface area contributed by atoms with Gasteiger partial charge in [0.1, 0.15) is 5.75 Å². The molecule has 0 aliphatic carbocycles. The van der Waals surface area contributed by atoms with Crippen LogP contribution >= 0.6 is 0 Å². The predicted octanol–water partition coefficient (Wildman–Crippen LogP) is 3.90. The SMILES string of the molecule is CCOc1ccc(NC(=O)c2ccc3nc(C)c(C)nc3c2)cc1. The van der Waals surface area contributed by atoms with Crippen LogP contribution in [0.15, 0.2) is 42.5 Å². The second kappa shape index (κ2) is 6.66. The Kier molecular flexibility index (Phi) is 4.42. The van der Waals surface area contributed by atoms with E-state index < -0.39 is 0 Å². The number of fused-ring (bicyclic) bond motifs is 1. The molecule has 0 atom stereocenters. The predicted molar refractivity (Wildman–Crippen MR) is 94.6 cm³/mol. The number of carbonyl (C=O) groups is 1. The molecule has 122 valence electrons. The largest absolute Gasteiger partial charge is 0.494 e. The van der Waals surface area contributed by atoms with Crippen molar-refractivity contribution in [3.63, 3.8) is 0 Å². The third-order valence-corrected chi connectivity index (χ3v) is 3.76. The number of ether oxygens (including phenoxy) is 1. The summed E-state index contributed by atoms with van der Waals surface area (Å²) in [5.41, 5.74) is 4.54. The average Bonchev–Trinajstić information content (AvgIpc) is 2.57. The lowest BCUT2D eigenvalue weighted by Gasteiger charge is -2.08. The molecule has 3 rings (SSSR count). The molecule has 2 aromatic carbocycles. The molecule has 0 aliphatic heterocycles. The number of hydrogen-bond acceptors (Lipinski definition) is 4. The first-order valence-electron chi connectivity index (χ1n) is 7.86. The van der Waals surface area contributed by atoms with Gasteiger partial charge in [0.15, 0.2) is 0 Å². The first-order chi connectivity index (χ1) is 11.6. The molecule has 0 aliphatic rings. The lowest BCUT2D eigenvalue weighted by atomic mass is 10.1. The molecule has 3 aromatic rings. The first-order valence-corrected chi connectivity index (χ1v) is 7.86. The Hall–Kier alpha value is -2.95. The Morgan fingerprint density at radius 3 is 2.33 bits per heavy atom. The number of rotatable bonds is 4. The van der Waals surface area contributed by atoms with Crippen LogP contribution in [-0.2, 0) is 0 Å². The van der Waals surface area contributed by atoms with Gasteiger partial charge >= 0.3 is 0 Å². The van der Waals surface area contributed by atoms with Gasteiger partial charge in [-0.3, -0.25) is 4.79 Å². The van der Waals surface area contributed by atoms with Gasteiger partial charge in [0.2, 0.25) is 0 Å². The summed E-state index contributed by atoms with van der Waals surface area (Å²) in [6.45, 7) is 6.38. The maximum atomic E-state index is 12.4. The highest BCUT2D eigenvalue weighted by molar-refractivity contribution is 6.05. The fourth-order valence-corrected chi connectivity index (χ4v) is 2.38. The van der Waals surface area contributed by atoms with E-state index in [0.717, 1.165) is 33.9 Å². The van der Waals surface area contributed by atoms with E-state index in [9.17, 15) is 4.79 Å². The standard InChI is InChI=1S/C19H19N3O2/c1-4-24-16-8-6-15(7-9-16)22-19(23)14-5-10-17-18(11-14)21-13(3)12(2)20-17/h5-11H,4H2,1-3H3,(H,22,23). The van der Waals surface area contributed by atoms with E-state index in [4.69, 9.17) is 4.74 Å². The highest BCUT2D eigenvalue weighted by Crippen LogP contribution is 2.18. The first kappa shape index (κ1) is 15.9. The van der Waals surface area contributed by atoms with E-state index in [1.54, 1.807) is 12.1 Å². The Morgan fingerprint density at radius 2 is 1.67 bits per heavy atom. The lowest BCUT2D eigenvalue weighted by molar-refractivity contribution is 0.102. The Labute approximate surface area is 140 Å². The van der Waals surface area contributed by atoms with E-state index in [1.165, 1.54) is 0 Å². The van der Waals surface area contributed by atoms with Gasteiger partial charge in [0, 0.05) is 11.3 Å². The van der Waals surface area contributed by atoms with Crippen molar-refractivity contribution >= 4 is 22.6 Å². The van der Waals surface area contributed by atoms with Gasteiger partial charge in [-0.1, -0.05) is 0 Å². The number of carbonyl (C=O) groups excluding carboxylic acids is 1. The van der Waals surface area contributed by atoms with Gasteiger partial charge in [-0.15, -0.1) is 0 Å². The van der Waals surface area contributed by atoms with Gasteiger partial charge in [-0.25, -0.2) is 9.97 Å². The molecule has 5 heteroatoms. The van der Waals surface area contributed by atoms with Crippen LogP contribution in [0.1, 0.15) is 28.7 Å². The van der Waals surface area contributed by atoms with Gasteiger partial charge in [-0.2, -0.15) is 0 Å². The third kappa shape index (κ3) is 3.35. The Balaban J connectivity index is 1.81. The van der Waals surface area contributed by atoms with Gasteiger partial charge in [-0.05, 0) is 63.2 Å². The molecular weight excluding hydrogens is 302 g/mol. The minimum Gasteiger partial charge on any atom is -0.494 e. The number of aromatic nitrogens is 2. The average molecular weight is 321 g/mol. The van der Waals surface area contributed by atoms with E-state index in [2.05, 4.69) is 15.3 Å². The topological polar surface area (TPSA) is 64.1 Å². The van der Waals surface area contributed by atoms with Crippen molar-refractivity contribution in [2.24, 2.45) is 0 Å². The van der Waals surface area contributed by atoms with Crippen LogP contribution < -0.4 is 10.1 Å². The number of nitrogens with one attached hydrogen (secondary N) is 1. The minimum atomic E-state index is -0.180. The van der Waals surface area contributed by atoms with Crippen LogP contribution in [-0.4, -0.2) is 22.5 Å². The maximum Gasteiger partial charge on any atom is 0.255 e. The summed E-state index contributed by atoms with van der Waals surface area (Å²) in [7, 11) is 0. The molecule has 0 fully saturated rings. The monoisotopic (exact) mass is 321 g/mol. The van der Waals surface area contributed by atoms with Crippen molar-refractivity contribution < 1.29 is 9.53 Å². The maximum absolute atomic E-state index is 12.4. The summed E-state index contributed by atoms with van der Waals surface area (Å²) >= 11 is 0. The lowest BCUT2D eigenvalue weighted by Crippen LogP contribution is -2.12. The number of anilines is 1. The molecule has 1 N–H and O–H groups in total. The number of hydrogen-bond donors (Lipinski definition) is 1. The van der Waals surface area contributed by atoms with E-state index in [-0.39, 0.29) is 5.91 Å². The zero-order chi connectivity index (χ0) is 17.1. The summed E-state index contributed by atoms with van der Waals surface area (Å²) in [5, 5.41) is 2.88. The van der Waals surface area contributed by atoms with Crippen molar-refractivity contribution in [2.45, 2.75) is 20.8 Å². The van der Waals surface area contributed by atoms with Crippen molar-refractivity contribution in [1.29, 1.82) is 0 Å². The molecule has 0 bridgehead atoms. The molecule has 5 nitrogen and oxygen atoms in total. The van der Waals surface area contributed by atoms with Gasteiger partial charge < -0.3 is 10.1 Å². The molecule has 1 amide bonds. The van der Waals surface area contributed by atoms with E-state index in [0.29, 0.717) is 12.2 Å². The highest BCUT2D eigenvalue weighted by atomic mass is 16.5. The molecule has 1 heterocycles. The van der Waals surface area contributed by atoms with Gasteiger partial charge in [0.25, 0.3) is 5.91 Å². The molecule has 0 unspecified atom stereocenters. The summed E-state index contributed by atoms with van der Waals surface area (Å²) in [5.74, 6) is 0.600. The van der Waals surface area contributed by atoms with Crippen molar-refractivity contribution in [3.05, 3.63) is 59.4 Å². The van der Waals surface area contributed by atoms with Crippen LogP contribution in [0.4, 0.5) is 5.69 Å². The number of aryl methyl sites for hydroxylation is 2. The quantitative estimate of drug-likeness (QED) is 0.791. The molecular formula is C19H19N3O2. The van der Waals surface area contributed by atoms with Crippen molar-refractivity contribution in [2.75, 3.05) is 11.9 Å². The highest BCUT2D eigenvalue weighted by Gasteiger charge is 2.09. The third-order valence-electron chi connectivity index (χ3n) is 3.76. The Morgan fingerprint density at radius 1 is 1.00 bits per heavy atom. The van der Waals surface area contributed by atoms with Crippen molar-refractivity contribution in [3.8, 4) is 5.75 Å². The number of benzene rings is 2. The second-order valence-corrected chi connectivity index (χ2v) is 5.51. The van der Waals surface area contributed by atoms with Gasteiger partial charge in [0.05, 0.1) is 29.0 Å². The summed E-state index contributed by atoms with van der Waals surface area (Å²) in [6.07, 6.45) is 0. The van der Waals surface area contributed by atoms with E-state index >= 15 is 0 Å². The molecule has 0 saturated carbocycles. The summed E-state index contributed by atoms with van der Waals surface area (Å²) in [6, 6.07) is 12.6.